The lowest BCUT2D eigenvalue weighted by Gasteiger charge is -2.40. The first kappa shape index (κ1) is 17.1. The Morgan fingerprint density at radius 1 is 1.12 bits per heavy atom. The van der Waals surface area contributed by atoms with E-state index in [1.807, 2.05) is 18.2 Å². The Balaban J connectivity index is 1.80. The summed E-state index contributed by atoms with van der Waals surface area (Å²) in [5.41, 5.74) is 1.99. The molecule has 3 atom stereocenters. The predicted molar refractivity (Wildman–Crippen MR) is 90.6 cm³/mol. The summed E-state index contributed by atoms with van der Waals surface area (Å²) in [6.07, 6.45) is 0.371. The van der Waals surface area contributed by atoms with Gasteiger partial charge in [0.15, 0.2) is 11.6 Å². The van der Waals surface area contributed by atoms with Crippen LogP contribution in [0.5, 0.6) is 0 Å². The Kier molecular flexibility index (Phi) is 5.27. The molecule has 0 saturated carbocycles. The molecule has 0 aromatic heterocycles. The minimum atomic E-state index is -0.829. The van der Waals surface area contributed by atoms with Crippen LogP contribution < -0.4 is 0 Å². The Hall–Kier alpha value is -1.78. The van der Waals surface area contributed by atoms with Gasteiger partial charge in [-0.05, 0) is 49.1 Å². The van der Waals surface area contributed by atoms with Crippen molar-refractivity contribution < 1.29 is 13.9 Å². The molecule has 0 bridgehead atoms. The van der Waals surface area contributed by atoms with Crippen molar-refractivity contribution in [1.29, 1.82) is 0 Å². The molecule has 1 N–H and O–H groups in total. The number of hydrogen-bond acceptors (Lipinski definition) is 2. The van der Waals surface area contributed by atoms with Gasteiger partial charge in [0, 0.05) is 19.0 Å². The maximum atomic E-state index is 13.7. The van der Waals surface area contributed by atoms with E-state index >= 15 is 0 Å². The third-order valence-corrected chi connectivity index (χ3v) is 4.99. The molecule has 0 spiro atoms. The summed E-state index contributed by atoms with van der Waals surface area (Å²) < 4.78 is 26.9. The summed E-state index contributed by atoms with van der Waals surface area (Å²) >= 11 is 0. The topological polar surface area (TPSA) is 23.5 Å². The molecule has 2 aromatic carbocycles. The van der Waals surface area contributed by atoms with Crippen molar-refractivity contribution in [3.8, 4) is 0 Å². The third kappa shape index (κ3) is 3.82. The van der Waals surface area contributed by atoms with Crippen LogP contribution in [0.2, 0.25) is 0 Å². The molecule has 2 nitrogen and oxygen atoms in total. The lowest BCUT2D eigenvalue weighted by Crippen LogP contribution is -2.42. The SMILES string of the molecule is C[C@H](O)[C@H]1CCN(Cc2ccccc2)C[C@@H]1c1ccc(F)c(F)c1. The smallest absolute Gasteiger partial charge is 0.159 e. The summed E-state index contributed by atoms with van der Waals surface area (Å²) in [6, 6.07) is 14.3. The first-order chi connectivity index (χ1) is 11.5. The highest BCUT2D eigenvalue weighted by atomic mass is 19.2. The van der Waals surface area contributed by atoms with Gasteiger partial charge in [0.25, 0.3) is 0 Å². The minimum Gasteiger partial charge on any atom is -0.393 e. The van der Waals surface area contributed by atoms with Gasteiger partial charge < -0.3 is 5.11 Å². The molecule has 2 aromatic rings. The lowest BCUT2D eigenvalue weighted by atomic mass is 9.78. The van der Waals surface area contributed by atoms with Crippen LogP contribution in [0.3, 0.4) is 0 Å². The molecule has 128 valence electrons. The van der Waals surface area contributed by atoms with Crippen molar-refractivity contribution in [2.75, 3.05) is 13.1 Å². The van der Waals surface area contributed by atoms with Crippen molar-refractivity contribution in [2.24, 2.45) is 5.92 Å². The summed E-state index contributed by atoms with van der Waals surface area (Å²) in [4.78, 5) is 2.32. The van der Waals surface area contributed by atoms with Crippen molar-refractivity contribution >= 4 is 0 Å². The Morgan fingerprint density at radius 3 is 2.54 bits per heavy atom. The molecule has 0 amide bonds. The summed E-state index contributed by atoms with van der Waals surface area (Å²) in [5, 5.41) is 10.1. The number of likely N-dealkylation sites (tertiary alicyclic amines) is 1. The van der Waals surface area contributed by atoms with E-state index in [-0.39, 0.29) is 11.8 Å². The molecule has 0 unspecified atom stereocenters. The molecule has 3 rings (SSSR count). The van der Waals surface area contributed by atoms with Gasteiger partial charge in [0.1, 0.15) is 0 Å². The van der Waals surface area contributed by atoms with Gasteiger partial charge in [-0.25, -0.2) is 8.78 Å². The number of halogens is 2. The number of aliphatic hydroxyl groups excluding tert-OH is 1. The standard InChI is InChI=1S/C20H23F2NO/c1-14(24)17-9-10-23(12-15-5-3-2-4-6-15)13-18(17)16-7-8-19(21)20(22)11-16/h2-8,11,14,17-18,24H,9-10,12-13H2,1H3/t14-,17+,18+/m0/s1. The third-order valence-electron chi connectivity index (χ3n) is 4.99. The zero-order valence-electron chi connectivity index (χ0n) is 13.8. The fourth-order valence-corrected chi connectivity index (χ4v) is 3.70. The van der Waals surface area contributed by atoms with Crippen molar-refractivity contribution in [3.63, 3.8) is 0 Å². The number of hydrogen-bond donors (Lipinski definition) is 1. The highest BCUT2D eigenvalue weighted by Gasteiger charge is 2.33. The first-order valence-corrected chi connectivity index (χ1v) is 8.44. The molecule has 0 radical (unpaired) electrons. The zero-order valence-corrected chi connectivity index (χ0v) is 13.8. The monoisotopic (exact) mass is 331 g/mol. The lowest BCUT2D eigenvalue weighted by molar-refractivity contribution is 0.0519. The van der Waals surface area contributed by atoms with E-state index in [2.05, 4.69) is 17.0 Å². The zero-order chi connectivity index (χ0) is 17.1. The van der Waals surface area contributed by atoms with E-state index in [9.17, 15) is 13.9 Å². The van der Waals surface area contributed by atoms with Gasteiger partial charge in [-0.1, -0.05) is 36.4 Å². The Bertz CT molecular complexity index is 675. The number of aliphatic hydroxyl groups is 1. The maximum Gasteiger partial charge on any atom is 0.159 e. The predicted octanol–water partition coefficient (Wildman–Crippen LogP) is 3.95. The quantitative estimate of drug-likeness (QED) is 0.917. The van der Waals surface area contributed by atoms with Crippen molar-refractivity contribution in [3.05, 3.63) is 71.3 Å². The molecular formula is C20H23F2NO. The molecule has 4 heteroatoms. The minimum absolute atomic E-state index is 0.00226. The van der Waals surface area contributed by atoms with E-state index < -0.39 is 17.7 Å². The second-order valence-electron chi connectivity index (χ2n) is 6.69. The maximum absolute atomic E-state index is 13.7. The molecule has 0 aliphatic carbocycles. The van der Waals surface area contributed by atoms with Crippen LogP contribution in [0.4, 0.5) is 8.78 Å². The first-order valence-electron chi connectivity index (χ1n) is 8.44. The van der Waals surface area contributed by atoms with Crippen LogP contribution in [0.1, 0.15) is 30.4 Å². The van der Waals surface area contributed by atoms with Crippen LogP contribution in [-0.4, -0.2) is 29.2 Å². The average molecular weight is 331 g/mol. The summed E-state index contributed by atoms with van der Waals surface area (Å²) in [6.45, 7) is 4.23. The molecule has 1 saturated heterocycles. The van der Waals surface area contributed by atoms with Crippen molar-refractivity contribution in [1.82, 2.24) is 4.90 Å². The van der Waals surface area contributed by atoms with Crippen molar-refractivity contribution in [2.45, 2.75) is 31.9 Å². The van der Waals surface area contributed by atoms with E-state index in [1.165, 1.54) is 17.7 Å². The number of piperidine rings is 1. The highest BCUT2D eigenvalue weighted by Crippen LogP contribution is 2.35. The van der Waals surface area contributed by atoms with Gasteiger partial charge in [-0.2, -0.15) is 0 Å². The molecule has 1 aliphatic rings. The number of benzene rings is 2. The van der Waals surface area contributed by atoms with Gasteiger partial charge in [0.2, 0.25) is 0 Å². The van der Waals surface area contributed by atoms with Crippen LogP contribution in [0.25, 0.3) is 0 Å². The van der Waals surface area contributed by atoms with E-state index in [0.717, 1.165) is 31.6 Å². The molecule has 1 heterocycles. The van der Waals surface area contributed by atoms with Gasteiger partial charge >= 0.3 is 0 Å². The van der Waals surface area contributed by atoms with Crippen LogP contribution in [-0.2, 0) is 6.54 Å². The Labute approximate surface area is 141 Å². The normalized spacial score (nSPS) is 23.2. The molecular weight excluding hydrogens is 308 g/mol. The van der Waals surface area contributed by atoms with Gasteiger partial charge in [0.05, 0.1) is 6.10 Å². The van der Waals surface area contributed by atoms with Gasteiger partial charge in [-0.3, -0.25) is 4.90 Å². The van der Waals surface area contributed by atoms with Crippen LogP contribution in [0.15, 0.2) is 48.5 Å². The second kappa shape index (κ2) is 7.41. The fourth-order valence-electron chi connectivity index (χ4n) is 3.70. The van der Waals surface area contributed by atoms with Gasteiger partial charge in [-0.15, -0.1) is 0 Å². The fraction of sp³-hybridized carbons (Fsp3) is 0.400. The van der Waals surface area contributed by atoms with Crippen LogP contribution in [0, 0.1) is 17.6 Å². The largest absolute Gasteiger partial charge is 0.393 e. The second-order valence-corrected chi connectivity index (χ2v) is 6.69. The summed E-state index contributed by atoms with van der Waals surface area (Å²) in [7, 11) is 0. The number of nitrogens with zero attached hydrogens (tertiary/aromatic N) is 1. The van der Waals surface area contributed by atoms with E-state index in [1.54, 1.807) is 13.0 Å². The molecule has 24 heavy (non-hydrogen) atoms. The molecule has 1 fully saturated rings. The molecule has 1 aliphatic heterocycles. The van der Waals surface area contributed by atoms with E-state index in [4.69, 9.17) is 0 Å². The Morgan fingerprint density at radius 2 is 1.88 bits per heavy atom. The van der Waals surface area contributed by atoms with Crippen LogP contribution >= 0.6 is 0 Å². The highest BCUT2D eigenvalue weighted by molar-refractivity contribution is 5.24. The van der Waals surface area contributed by atoms with E-state index in [0.29, 0.717) is 0 Å². The summed E-state index contributed by atoms with van der Waals surface area (Å²) in [5.74, 6) is -1.60. The number of rotatable bonds is 4. The average Bonchev–Trinajstić information content (AvgIpc) is 2.58.